The van der Waals surface area contributed by atoms with Crippen LogP contribution in [0, 0.1) is 0 Å². The summed E-state index contributed by atoms with van der Waals surface area (Å²) in [5, 5.41) is 21.0. The molecule has 0 spiro atoms. The number of rotatable bonds is 7. The van der Waals surface area contributed by atoms with Crippen molar-refractivity contribution in [3.8, 4) is 0 Å². The highest BCUT2D eigenvalue weighted by atomic mass is 35.5. The summed E-state index contributed by atoms with van der Waals surface area (Å²) >= 11 is 7.23. The Kier molecular flexibility index (Phi) is 7.12. The van der Waals surface area contributed by atoms with Gasteiger partial charge in [-0.1, -0.05) is 17.7 Å². The van der Waals surface area contributed by atoms with Crippen molar-refractivity contribution in [3.05, 3.63) is 29.3 Å². The molecule has 0 fully saturated rings. The van der Waals surface area contributed by atoms with E-state index >= 15 is 0 Å². The molecule has 18 heavy (non-hydrogen) atoms. The average Bonchev–Trinajstić information content (AvgIpc) is 2.34. The van der Waals surface area contributed by atoms with Crippen molar-refractivity contribution < 1.29 is 15.0 Å². The molecule has 1 rings (SSSR count). The van der Waals surface area contributed by atoms with Gasteiger partial charge in [0.1, 0.15) is 0 Å². The van der Waals surface area contributed by atoms with Crippen LogP contribution in [0.5, 0.6) is 0 Å². The standard InChI is InChI=1S/C12H16ClNO3S/c13-9-2-1-3-10(6-9)14-12(17)4-5-18-8-11(16)7-15/h1-3,6,11,15-16H,4-5,7-8H2,(H,14,17). The van der Waals surface area contributed by atoms with E-state index in [2.05, 4.69) is 5.32 Å². The van der Waals surface area contributed by atoms with E-state index in [1.807, 2.05) is 0 Å². The molecule has 0 saturated heterocycles. The first-order valence-electron chi connectivity index (χ1n) is 5.54. The van der Waals surface area contributed by atoms with Gasteiger partial charge in [-0.3, -0.25) is 4.79 Å². The smallest absolute Gasteiger partial charge is 0.225 e. The number of anilines is 1. The van der Waals surface area contributed by atoms with E-state index in [1.54, 1.807) is 24.3 Å². The van der Waals surface area contributed by atoms with Crippen molar-refractivity contribution in [1.29, 1.82) is 0 Å². The highest BCUT2D eigenvalue weighted by Crippen LogP contribution is 2.15. The van der Waals surface area contributed by atoms with Crippen LogP contribution in [0.3, 0.4) is 0 Å². The van der Waals surface area contributed by atoms with Gasteiger partial charge in [0.2, 0.25) is 5.91 Å². The van der Waals surface area contributed by atoms with Crippen LogP contribution in [0.2, 0.25) is 5.02 Å². The van der Waals surface area contributed by atoms with Crippen LogP contribution in [0.15, 0.2) is 24.3 Å². The van der Waals surface area contributed by atoms with Crippen molar-refractivity contribution in [1.82, 2.24) is 0 Å². The molecule has 0 heterocycles. The fourth-order valence-corrected chi connectivity index (χ4v) is 2.29. The molecule has 1 aromatic carbocycles. The number of thioether (sulfide) groups is 1. The van der Waals surface area contributed by atoms with E-state index in [4.69, 9.17) is 21.8 Å². The third-order valence-electron chi connectivity index (χ3n) is 2.10. The van der Waals surface area contributed by atoms with Crippen molar-refractivity contribution in [2.75, 3.05) is 23.4 Å². The molecule has 0 bridgehead atoms. The Balaban J connectivity index is 2.22. The number of nitrogens with one attached hydrogen (secondary N) is 1. The largest absolute Gasteiger partial charge is 0.394 e. The van der Waals surface area contributed by atoms with E-state index in [-0.39, 0.29) is 12.5 Å². The highest BCUT2D eigenvalue weighted by molar-refractivity contribution is 7.99. The van der Waals surface area contributed by atoms with Crippen LogP contribution in [0.1, 0.15) is 6.42 Å². The molecule has 0 aliphatic rings. The topological polar surface area (TPSA) is 69.6 Å². The molecule has 3 N–H and O–H groups in total. The molecule has 0 aromatic heterocycles. The van der Waals surface area contributed by atoms with Gasteiger partial charge in [0.25, 0.3) is 0 Å². The van der Waals surface area contributed by atoms with Gasteiger partial charge < -0.3 is 15.5 Å². The van der Waals surface area contributed by atoms with Crippen molar-refractivity contribution in [2.24, 2.45) is 0 Å². The van der Waals surface area contributed by atoms with Gasteiger partial charge in [-0.15, -0.1) is 0 Å². The first-order valence-corrected chi connectivity index (χ1v) is 7.07. The lowest BCUT2D eigenvalue weighted by atomic mass is 10.3. The van der Waals surface area contributed by atoms with Gasteiger partial charge in [-0.25, -0.2) is 0 Å². The number of aliphatic hydroxyl groups excluding tert-OH is 2. The first kappa shape index (κ1) is 15.3. The minimum absolute atomic E-state index is 0.0942. The van der Waals surface area contributed by atoms with Crippen LogP contribution in [-0.2, 0) is 4.79 Å². The summed E-state index contributed by atoms with van der Waals surface area (Å²) in [5.41, 5.74) is 0.674. The Morgan fingerprint density at radius 2 is 2.28 bits per heavy atom. The lowest BCUT2D eigenvalue weighted by Crippen LogP contribution is -2.16. The zero-order valence-corrected chi connectivity index (χ0v) is 11.4. The quantitative estimate of drug-likeness (QED) is 0.669. The maximum absolute atomic E-state index is 11.6. The van der Waals surface area contributed by atoms with E-state index < -0.39 is 6.10 Å². The molecule has 0 radical (unpaired) electrons. The molecular weight excluding hydrogens is 274 g/mol. The summed E-state index contributed by atoms with van der Waals surface area (Å²) in [5.74, 6) is 0.938. The molecule has 1 atom stereocenters. The Morgan fingerprint density at radius 3 is 2.94 bits per heavy atom. The van der Waals surface area contributed by atoms with Gasteiger partial charge in [-0.05, 0) is 18.2 Å². The minimum Gasteiger partial charge on any atom is -0.394 e. The molecule has 100 valence electrons. The number of hydrogen-bond donors (Lipinski definition) is 3. The number of aliphatic hydroxyl groups is 2. The zero-order chi connectivity index (χ0) is 13.4. The van der Waals surface area contributed by atoms with Gasteiger partial charge in [-0.2, -0.15) is 11.8 Å². The third-order valence-corrected chi connectivity index (χ3v) is 3.45. The maximum Gasteiger partial charge on any atom is 0.225 e. The van der Waals surface area contributed by atoms with Crippen LogP contribution in [-0.4, -0.2) is 40.3 Å². The molecule has 0 aliphatic heterocycles. The predicted molar refractivity (Wildman–Crippen MR) is 75.1 cm³/mol. The van der Waals surface area contributed by atoms with Gasteiger partial charge >= 0.3 is 0 Å². The summed E-state index contributed by atoms with van der Waals surface area (Å²) in [6, 6.07) is 6.96. The predicted octanol–water partition coefficient (Wildman–Crippen LogP) is 1.75. The molecule has 0 aliphatic carbocycles. The third kappa shape index (κ3) is 6.26. The summed E-state index contributed by atoms with van der Waals surface area (Å²) in [4.78, 5) is 11.6. The molecule has 1 amide bonds. The SMILES string of the molecule is O=C(CCSCC(O)CO)Nc1cccc(Cl)c1. The van der Waals surface area contributed by atoms with E-state index in [0.29, 0.717) is 28.6 Å². The summed E-state index contributed by atoms with van der Waals surface area (Å²) < 4.78 is 0. The summed E-state index contributed by atoms with van der Waals surface area (Å²) in [6.07, 6.45) is -0.360. The Hall–Kier alpha value is -0.750. The van der Waals surface area contributed by atoms with Gasteiger partial charge in [0, 0.05) is 28.6 Å². The average molecular weight is 290 g/mol. The second kappa shape index (κ2) is 8.37. The van der Waals surface area contributed by atoms with Crippen LogP contribution < -0.4 is 5.32 Å². The van der Waals surface area contributed by atoms with Gasteiger partial charge in [0.15, 0.2) is 0 Å². The van der Waals surface area contributed by atoms with Gasteiger partial charge in [0.05, 0.1) is 12.7 Å². The van der Waals surface area contributed by atoms with Crippen molar-refractivity contribution in [2.45, 2.75) is 12.5 Å². The number of carbonyl (C=O) groups is 1. The number of hydrogen-bond acceptors (Lipinski definition) is 4. The summed E-state index contributed by atoms with van der Waals surface area (Å²) in [7, 11) is 0. The molecule has 0 saturated carbocycles. The number of benzene rings is 1. The van der Waals surface area contributed by atoms with E-state index in [0.717, 1.165) is 0 Å². The first-order chi connectivity index (χ1) is 8.61. The number of amides is 1. The normalized spacial score (nSPS) is 12.2. The zero-order valence-electron chi connectivity index (χ0n) is 9.80. The molecule has 4 nitrogen and oxygen atoms in total. The fourth-order valence-electron chi connectivity index (χ4n) is 1.23. The second-order valence-corrected chi connectivity index (χ2v) is 5.31. The maximum atomic E-state index is 11.6. The lowest BCUT2D eigenvalue weighted by molar-refractivity contribution is -0.115. The lowest BCUT2D eigenvalue weighted by Gasteiger charge is -2.07. The number of carbonyl (C=O) groups excluding carboxylic acids is 1. The summed E-state index contributed by atoms with van der Waals surface area (Å²) in [6.45, 7) is -0.248. The Labute approximate surface area is 115 Å². The van der Waals surface area contributed by atoms with Crippen molar-refractivity contribution >= 4 is 35.0 Å². The van der Waals surface area contributed by atoms with E-state index in [9.17, 15) is 4.79 Å². The highest BCUT2D eigenvalue weighted by Gasteiger charge is 2.05. The van der Waals surface area contributed by atoms with E-state index in [1.165, 1.54) is 11.8 Å². The Morgan fingerprint density at radius 1 is 1.50 bits per heavy atom. The molecule has 1 aromatic rings. The molecule has 1 unspecified atom stereocenters. The minimum atomic E-state index is -0.717. The molecule has 6 heteroatoms. The number of halogens is 1. The monoisotopic (exact) mass is 289 g/mol. The Bertz CT molecular complexity index is 389. The van der Waals surface area contributed by atoms with Crippen LogP contribution in [0.25, 0.3) is 0 Å². The second-order valence-electron chi connectivity index (χ2n) is 3.72. The molecular formula is C12H16ClNO3S. The fraction of sp³-hybridized carbons (Fsp3) is 0.417. The van der Waals surface area contributed by atoms with Crippen LogP contribution in [0.4, 0.5) is 5.69 Å². The van der Waals surface area contributed by atoms with Crippen LogP contribution >= 0.6 is 23.4 Å². The van der Waals surface area contributed by atoms with Crippen molar-refractivity contribution in [3.63, 3.8) is 0 Å².